The number of halogens is 1. The van der Waals surface area contributed by atoms with Crippen molar-refractivity contribution in [3.63, 3.8) is 0 Å². The summed E-state index contributed by atoms with van der Waals surface area (Å²) in [5.41, 5.74) is -0.498. The van der Waals surface area contributed by atoms with Crippen molar-refractivity contribution in [3.05, 3.63) is 0 Å². The smallest absolute Gasteiger partial charge is 0.407 e. The minimum atomic E-state index is -0.498. The van der Waals surface area contributed by atoms with Gasteiger partial charge in [0.1, 0.15) is 5.60 Å². The first-order valence-electron chi connectivity index (χ1n) is 8.83. The third-order valence-corrected chi connectivity index (χ3v) is 2.99. The van der Waals surface area contributed by atoms with Crippen LogP contribution in [0.5, 0.6) is 0 Å². The lowest BCUT2D eigenvalue weighted by atomic mass is 10.1. The van der Waals surface area contributed by atoms with Gasteiger partial charge in [-0.1, -0.05) is 13.3 Å². The third kappa shape index (κ3) is 16.4. The van der Waals surface area contributed by atoms with Crippen molar-refractivity contribution in [2.75, 3.05) is 33.4 Å². The number of nitrogens with one attached hydrogen (secondary N) is 3. The van der Waals surface area contributed by atoms with Crippen LogP contribution >= 0.6 is 24.0 Å². The van der Waals surface area contributed by atoms with E-state index in [1.54, 1.807) is 7.11 Å². The van der Waals surface area contributed by atoms with E-state index < -0.39 is 11.7 Å². The van der Waals surface area contributed by atoms with Crippen LogP contribution < -0.4 is 16.0 Å². The second-order valence-corrected chi connectivity index (χ2v) is 6.62. The maximum atomic E-state index is 11.9. The Labute approximate surface area is 170 Å². The van der Waals surface area contributed by atoms with Gasteiger partial charge >= 0.3 is 6.09 Å². The standard InChI is InChI=1S/C17H36N4O3.HI/c1-7-10-14(21-16(22)24-17(3,4)5)13-20-15(18-8-2)19-11-9-12-23-6;/h14H,7-13H2,1-6H3,(H,21,22)(H2,18,19,20);1H. The molecule has 1 unspecified atom stereocenters. The molecule has 0 heterocycles. The van der Waals surface area contributed by atoms with Crippen LogP contribution in [-0.4, -0.2) is 57.0 Å². The minimum absolute atomic E-state index is 0. The number of amides is 1. The molecular formula is C17H37IN4O3. The molecule has 25 heavy (non-hydrogen) atoms. The molecule has 8 heteroatoms. The Morgan fingerprint density at radius 1 is 1.20 bits per heavy atom. The van der Waals surface area contributed by atoms with Crippen LogP contribution in [0.1, 0.15) is 53.9 Å². The van der Waals surface area contributed by atoms with Crippen molar-refractivity contribution in [2.24, 2.45) is 4.99 Å². The number of methoxy groups -OCH3 is 1. The number of rotatable bonds is 10. The first-order valence-corrected chi connectivity index (χ1v) is 8.83. The highest BCUT2D eigenvalue weighted by molar-refractivity contribution is 14.0. The van der Waals surface area contributed by atoms with E-state index in [-0.39, 0.29) is 30.0 Å². The molecule has 0 fully saturated rings. The molecule has 0 radical (unpaired) electrons. The number of hydrogen-bond donors (Lipinski definition) is 3. The van der Waals surface area contributed by atoms with Crippen LogP contribution in [0.2, 0.25) is 0 Å². The van der Waals surface area contributed by atoms with Crippen molar-refractivity contribution >= 4 is 36.0 Å². The average Bonchev–Trinajstić information content (AvgIpc) is 2.47. The van der Waals surface area contributed by atoms with Gasteiger partial charge in [-0.15, -0.1) is 24.0 Å². The number of guanidine groups is 1. The topological polar surface area (TPSA) is 84.0 Å². The number of nitrogens with zero attached hydrogens (tertiary/aromatic N) is 1. The SMILES string of the molecule is CCCC(CN=C(NCC)NCCCOC)NC(=O)OC(C)(C)C.I. The highest BCUT2D eigenvalue weighted by Crippen LogP contribution is 2.07. The van der Waals surface area contributed by atoms with E-state index in [0.29, 0.717) is 13.2 Å². The summed E-state index contributed by atoms with van der Waals surface area (Å²) in [6, 6.07) is -0.0423. The van der Waals surface area contributed by atoms with Crippen LogP contribution in [0.3, 0.4) is 0 Å². The van der Waals surface area contributed by atoms with Gasteiger partial charge in [-0.3, -0.25) is 4.99 Å². The summed E-state index contributed by atoms with van der Waals surface area (Å²) in [6.45, 7) is 12.5. The number of ether oxygens (including phenoxy) is 2. The first-order chi connectivity index (χ1) is 11.3. The predicted octanol–water partition coefficient (Wildman–Crippen LogP) is 2.89. The zero-order valence-electron chi connectivity index (χ0n) is 16.6. The predicted molar refractivity (Wildman–Crippen MR) is 114 cm³/mol. The van der Waals surface area contributed by atoms with Gasteiger partial charge in [-0.05, 0) is 40.5 Å². The van der Waals surface area contributed by atoms with Crippen LogP contribution in [-0.2, 0) is 9.47 Å². The first kappa shape index (κ1) is 26.5. The van der Waals surface area contributed by atoms with E-state index in [1.807, 2.05) is 27.7 Å². The van der Waals surface area contributed by atoms with E-state index in [2.05, 4.69) is 27.9 Å². The van der Waals surface area contributed by atoms with Gasteiger partial charge in [0, 0.05) is 26.8 Å². The lowest BCUT2D eigenvalue weighted by molar-refractivity contribution is 0.0503. The lowest BCUT2D eigenvalue weighted by Gasteiger charge is -2.23. The molecular weight excluding hydrogens is 435 g/mol. The fourth-order valence-corrected chi connectivity index (χ4v) is 2.00. The normalized spacial score (nSPS) is 12.8. The molecule has 0 rings (SSSR count). The largest absolute Gasteiger partial charge is 0.444 e. The molecule has 0 aromatic carbocycles. The van der Waals surface area contributed by atoms with Crippen molar-refractivity contribution in [1.29, 1.82) is 0 Å². The zero-order valence-corrected chi connectivity index (χ0v) is 18.9. The van der Waals surface area contributed by atoms with Crippen LogP contribution in [0, 0.1) is 0 Å². The summed E-state index contributed by atoms with van der Waals surface area (Å²) in [5.74, 6) is 0.751. The Kier molecular flexibility index (Phi) is 16.4. The lowest BCUT2D eigenvalue weighted by Crippen LogP contribution is -2.42. The molecule has 0 saturated heterocycles. The Morgan fingerprint density at radius 3 is 2.40 bits per heavy atom. The molecule has 3 N–H and O–H groups in total. The molecule has 0 aliphatic heterocycles. The van der Waals surface area contributed by atoms with Crippen molar-refractivity contribution < 1.29 is 14.3 Å². The Bertz CT molecular complexity index is 373. The molecule has 1 amide bonds. The Balaban J connectivity index is 0. The minimum Gasteiger partial charge on any atom is -0.444 e. The van der Waals surface area contributed by atoms with Gasteiger partial charge < -0.3 is 25.4 Å². The molecule has 150 valence electrons. The van der Waals surface area contributed by atoms with Gasteiger partial charge in [0.05, 0.1) is 12.6 Å². The number of carbonyl (C=O) groups excluding carboxylic acids is 1. The van der Waals surface area contributed by atoms with E-state index in [1.165, 1.54) is 0 Å². The molecule has 0 aliphatic rings. The maximum Gasteiger partial charge on any atom is 0.407 e. The Morgan fingerprint density at radius 2 is 1.88 bits per heavy atom. The summed E-state index contributed by atoms with van der Waals surface area (Å²) in [5, 5.41) is 9.37. The molecule has 0 saturated carbocycles. The molecule has 0 bridgehead atoms. The number of carbonyl (C=O) groups is 1. The van der Waals surface area contributed by atoms with E-state index >= 15 is 0 Å². The van der Waals surface area contributed by atoms with Crippen LogP contribution in [0.4, 0.5) is 4.79 Å². The second-order valence-electron chi connectivity index (χ2n) is 6.62. The number of alkyl carbamates (subject to hydrolysis) is 1. The molecule has 0 aromatic rings. The average molecular weight is 472 g/mol. The van der Waals surface area contributed by atoms with E-state index in [9.17, 15) is 4.79 Å². The van der Waals surface area contributed by atoms with Gasteiger partial charge in [0.2, 0.25) is 0 Å². The highest BCUT2D eigenvalue weighted by Gasteiger charge is 2.19. The molecule has 7 nitrogen and oxygen atoms in total. The van der Waals surface area contributed by atoms with Crippen molar-refractivity contribution in [2.45, 2.75) is 65.5 Å². The zero-order chi connectivity index (χ0) is 18.4. The van der Waals surface area contributed by atoms with Crippen molar-refractivity contribution in [1.82, 2.24) is 16.0 Å². The van der Waals surface area contributed by atoms with Gasteiger partial charge in [-0.25, -0.2) is 4.79 Å². The monoisotopic (exact) mass is 472 g/mol. The molecule has 0 spiro atoms. The summed E-state index contributed by atoms with van der Waals surface area (Å²) in [4.78, 5) is 16.5. The quantitative estimate of drug-likeness (QED) is 0.197. The highest BCUT2D eigenvalue weighted by atomic mass is 127. The van der Waals surface area contributed by atoms with Gasteiger partial charge in [0.15, 0.2) is 5.96 Å². The van der Waals surface area contributed by atoms with Gasteiger partial charge in [-0.2, -0.15) is 0 Å². The molecule has 1 atom stereocenters. The van der Waals surface area contributed by atoms with Crippen molar-refractivity contribution in [3.8, 4) is 0 Å². The fourth-order valence-electron chi connectivity index (χ4n) is 2.00. The Hall–Kier alpha value is -0.770. The van der Waals surface area contributed by atoms with E-state index in [4.69, 9.17) is 9.47 Å². The number of hydrogen-bond acceptors (Lipinski definition) is 4. The van der Waals surface area contributed by atoms with E-state index in [0.717, 1.165) is 38.3 Å². The fraction of sp³-hybridized carbons (Fsp3) is 0.882. The summed E-state index contributed by atoms with van der Waals surface area (Å²) in [6.07, 6.45) is 2.34. The summed E-state index contributed by atoms with van der Waals surface area (Å²) in [7, 11) is 1.69. The summed E-state index contributed by atoms with van der Waals surface area (Å²) >= 11 is 0. The number of aliphatic imine (C=N–C) groups is 1. The van der Waals surface area contributed by atoms with Crippen LogP contribution in [0.25, 0.3) is 0 Å². The van der Waals surface area contributed by atoms with Crippen LogP contribution in [0.15, 0.2) is 4.99 Å². The van der Waals surface area contributed by atoms with Gasteiger partial charge in [0.25, 0.3) is 0 Å². The maximum absolute atomic E-state index is 11.9. The second kappa shape index (κ2) is 15.5. The molecule has 0 aliphatic carbocycles. The summed E-state index contributed by atoms with van der Waals surface area (Å²) < 4.78 is 10.4. The third-order valence-electron chi connectivity index (χ3n) is 2.99. The molecule has 0 aromatic heterocycles.